The van der Waals surface area contributed by atoms with Gasteiger partial charge in [0.25, 0.3) is 0 Å². The predicted molar refractivity (Wildman–Crippen MR) is 66.2 cm³/mol. The SMILES string of the molecule is CCCc1cc(C)nc(C)c1CC(C)C. The van der Waals surface area contributed by atoms with E-state index in [9.17, 15) is 0 Å². The molecule has 15 heavy (non-hydrogen) atoms. The molecular formula is C14H23N. The maximum absolute atomic E-state index is 4.57. The third-order valence-electron chi connectivity index (χ3n) is 2.68. The fourth-order valence-electron chi connectivity index (χ4n) is 2.12. The van der Waals surface area contributed by atoms with Gasteiger partial charge in [-0.25, -0.2) is 0 Å². The maximum atomic E-state index is 4.57. The van der Waals surface area contributed by atoms with Crippen LogP contribution >= 0.6 is 0 Å². The van der Waals surface area contributed by atoms with Gasteiger partial charge < -0.3 is 0 Å². The molecule has 84 valence electrons. The van der Waals surface area contributed by atoms with Crippen LogP contribution in [0.1, 0.15) is 49.7 Å². The first-order valence-corrected chi connectivity index (χ1v) is 6.00. The van der Waals surface area contributed by atoms with Gasteiger partial charge in [0, 0.05) is 11.4 Å². The van der Waals surface area contributed by atoms with E-state index in [1.807, 2.05) is 0 Å². The Morgan fingerprint density at radius 1 is 1.27 bits per heavy atom. The highest BCUT2D eigenvalue weighted by Crippen LogP contribution is 2.19. The van der Waals surface area contributed by atoms with Crippen LogP contribution in [0, 0.1) is 19.8 Å². The molecule has 0 aliphatic heterocycles. The van der Waals surface area contributed by atoms with E-state index in [0.717, 1.165) is 12.1 Å². The highest BCUT2D eigenvalue weighted by Gasteiger charge is 2.09. The minimum atomic E-state index is 0.712. The summed E-state index contributed by atoms with van der Waals surface area (Å²) >= 11 is 0. The summed E-state index contributed by atoms with van der Waals surface area (Å²) in [6.45, 7) is 11.0. The Bertz CT molecular complexity index is 326. The highest BCUT2D eigenvalue weighted by molar-refractivity contribution is 5.32. The van der Waals surface area contributed by atoms with E-state index in [4.69, 9.17) is 0 Å². The van der Waals surface area contributed by atoms with E-state index >= 15 is 0 Å². The van der Waals surface area contributed by atoms with Crippen molar-refractivity contribution in [2.75, 3.05) is 0 Å². The van der Waals surface area contributed by atoms with Gasteiger partial charge in [-0.05, 0) is 49.8 Å². The quantitative estimate of drug-likeness (QED) is 0.727. The van der Waals surface area contributed by atoms with Crippen LogP contribution in [0.25, 0.3) is 0 Å². The maximum Gasteiger partial charge on any atom is 0.0410 e. The summed E-state index contributed by atoms with van der Waals surface area (Å²) in [5.41, 5.74) is 5.38. The van der Waals surface area contributed by atoms with E-state index < -0.39 is 0 Å². The second-order valence-electron chi connectivity index (χ2n) is 4.83. The van der Waals surface area contributed by atoms with Gasteiger partial charge in [-0.15, -0.1) is 0 Å². The molecule has 1 aromatic heterocycles. The number of aromatic nitrogens is 1. The molecule has 0 aromatic carbocycles. The van der Waals surface area contributed by atoms with Crippen molar-refractivity contribution in [2.45, 2.75) is 53.9 Å². The van der Waals surface area contributed by atoms with Crippen LogP contribution in [0.4, 0.5) is 0 Å². The molecule has 1 rings (SSSR count). The average molecular weight is 205 g/mol. The molecule has 0 unspecified atom stereocenters. The Kier molecular flexibility index (Phi) is 4.31. The summed E-state index contributed by atoms with van der Waals surface area (Å²) in [6.07, 6.45) is 3.56. The van der Waals surface area contributed by atoms with Crippen molar-refractivity contribution in [3.05, 3.63) is 28.6 Å². The molecule has 1 aromatic rings. The Morgan fingerprint density at radius 3 is 2.47 bits per heavy atom. The van der Waals surface area contributed by atoms with Crippen molar-refractivity contribution >= 4 is 0 Å². The topological polar surface area (TPSA) is 12.9 Å². The average Bonchev–Trinajstić information content (AvgIpc) is 2.11. The summed E-state index contributed by atoms with van der Waals surface area (Å²) in [7, 11) is 0. The second kappa shape index (κ2) is 5.29. The van der Waals surface area contributed by atoms with Crippen LogP contribution in [0.5, 0.6) is 0 Å². The smallest absolute Gasteiger partial charge is 0.0410 e. The molecule has 0 spiro atoms. The van der Waals surface area contributed by atoms with Crippen LogP contribution in [0.3, 0.4) is 0 Å². The Balaban J connectivity index is 3.08. The zero-order chi connectivity index (χ0) is 11.4. The Labute approximate surface area is 93.9 Å². The summed E-state index contributed by atoms with van der Waals surface area (Å²) in [5, 5.41) is 0. The molecule has 0 aliphatic rings. The molecule has 0 saturated heterocycles. The molecule has 0 amide bonds. The number of hydrogen-bond acceptors (Lipinski definition) is 1. The lowest BCUT2D eigenvalue weighted by molar-refractivity contribution is 0.635. The molecule has 0 N–H and O–H groups in total. The molecule has 0 fully saturated rings. The number of hydrogen-bond donors (Lipinski definition) is 0. The largest absolute Gasteiger partial charge is 0.258 e. The third kappa shape index (κ3) is 3.33. The fourth-order valence-corrected chi connectivity index (χ4v) is 2.12. The molecule has 0 aliphatic carbocycles. The van der Waals surface area contributed by atoms with E-state index in [0.29, 0.717) is 5.92 Å². The van der Waals surface area contributed by atoms with Crippen LogP contribution in [0.2, 0.25) is 0 Å². The zero-order valence-electron chi connectivity index (χ0n) is 10.7. The van der Waals surface area contributed by atoms with Gasteiger partial charge in [-0.1, -0.05) is 27.2 Å². The van der Waals surface area contributed by atoms with Gasteiger partial charge >= 0.3 is 0 Å². The lowest BCUT2D eigenvalue weighted by Gasteiger charge is -2.14. The first-order valence-electron chi connectivity index (χ1n) is 6.00. The monoisotopic (exact) mass is 205 g/mol. The lowest BCUT2D eigenvalue weighted by atomic mass is 9.94. The lowest BCUT2D eigenvalue weighted by Crippen LogP contribution is -2.05. The second-order valence-corrected chi connectivity index (χ2v) is 4.83. The summed E-state index contributed by atoms with van der Waals surface area (Å²) in [6, 6.07) is 2.26. The van der Waals surface area contributed by atoms with E-state index in [1.165, 1.54) is 29.7 Å². The number of rotatable bonds is 4. The molecule has 1 heterocycles. The Hall–Kier alpha value is -0.850. The molecule has 0 bridgehead atoms. The number of nitrogens with zero attached hydrogens (tertiary/aromatic N) is 1. The van der Waals surface area contributed by atoms with Gasteiger partial charge in [0.15, 0.2) is 0 Å². The minimum Gasteiger partial charge on any atom is -0.258 e. The fraction of sp³-hybridized carbons (Fsp3) is 0.643. The first-order chi connectivity index (χ1) is 7.04. The number of aryl methyl sites for hydroxylation is 3. The first kappa shape index (κ1) is 12.2. The molecule has 0 saturated carbocycles. The van der Waals surface area contributed by atoms with Crippen LogP contribution in [-0.2, 0) is 12.8 Å². The predicted octanol–water partition coefficient (Wildman–Crippen LogP) is 3.85. The van der Waals surface area contributed by atoms with Crippen LogP contribution in [0.15, 0.2) is 6.07 Å². The Morgan fingerprint density at radius 2 is 1.93 bits per heavy atom. The summed E-state index contributed by atoms with van der Waals surface area (Å²) < 4.78 is 0. The van der Waals surface area contributed by atoms with E-state index in [-0.39, 0.29) is 0 Å². The summed E-state index contributed by atoms with van der Waals surface area (Å²) in [5.74, 6) is 0.712. The molecule has 0 radical (unpaired) electrons. The van der Waals surface area contributed by atoms with Crippen molar-refractivity contribution < 1.29 is 0 Å². The van der Waals surface area contributed by atoms with E-state index in [1.54, 1.807) is 0 Å². The minimum absolute atomic E-state index is 0.712. The van der Waals surface area contributed by atoms with Gasteiger partial charge in [0.05, 0.1) is 0 Å². The van der Waals surface area contributed by atoms with E-state index in [2.05, 4.69) is 45.7 Å². The summed E-state index contributed by atoms with van der Waals surface area (Å²) in [4.78, 5) is 4.57. The highest BCUT2D eigenvalue weighted by atomic mass is 14.7. The van der Waals surface area contributed by atoms with Crippen LogP contribution < -0.4 is 0 Å². The zero-order valence-corrected chi connectivity index (χ0v) is 10.7. The van der Waals surface area contributed by atoms with Crippen molar-refractivity contribution in [3.63, 3.8) is 0 Å². The molecule has 1 heteroatoms. The normalized spacial score (nSPS) is 11.1. The van der Waals surface area contributed by atoms with Crippen LogP contribution in [-0.4, -0.2) is 4.98 Å². The molecule has 0 atom stereocenters. The van der Waals surface area contributed by atoms with Gasteiger partial charge in [0.1, 0.15) is 0 Å². The molecule has 1 nitrogen and oxygen atoms in total. The van der Waals surface area contributed by atoms with Gasteiger partial charge in [-0.2, -0.15) is 0 Å². The number of pyridine rings is 1. The van der Waals surface area contributed by atoms with Gasteiger partial charge in [-0.3, -0.25) is 4.98 Å². The van der Waals surface area contributed by atoms with Gasteiger partial charge in [0.2, 0.25) is 0 Å². The molecular weight excluding hydrogens is 182 g/mol. The van der Waals surface area contributed by atoms with Crippen molar-refractivity contribution in [1.82, 2.24) is 4.98 Å². The van der Waals surface area contributed by atoms with Crippen molar-refractivity contribution in [3.8, 4) is 0 Å². The van der Waals surface area contributed by atoms with Crippen molar-refractivity contribution in [2.24, 2.45) is 5.92 Å². The standard InChI is InChI=1S/C14H23N/c1-6-7-13-9-11(4)15-12(5)14(13)8-10(2)3/h9-10H,6-8H2,1-5H3. The third-order valence-corrected chi connectivity index (χ3v) is 2.68. The van der Waals surface area contributed by atoms with Crippen molar-refractivity contribution in [1.29, 1.82) is 0 Å².